The van der Waals surface area contributed by atoms with Gasteiger partial charge in [-0.1, -0.05) is 0 Å². The Bertz CT molecular complexity index is 805. The summed E-state index contributed by atoms with van der Waals surface area (Å²) < 4.78 is 6.32. The second-order valence-electron chi connectivity index (χ2n) is 4.91. The van der Waals surface area contributed by atoms with E-state index in [4.69, 9.17) is 4.74 Å². The summed E-state index contributed by atoms with van der Waals surface area (Å²) in [6.07, 6.45) is 1.58. The summed E-state index contributed by atoms with van der Waals surface area (Å²) >= 11 is 1.29. The van der Waals surface area contributed by atoms with Crippen LogP contribution in [0.5, 0.6) is 0 Å². The number of ether oxygens (including phenoxy) is 1. The van der Waals surface area contributed by atoms with Gasteiger partial charge in [0.2, 0.25) is 5.91 Å². The van der Waals surface area contributed by atoms with Gasteiger partial charge in [0.15, 0.2) is 5.13 Å². The monoisotopic (exact) mass is 332 g/mol. The maximum Gasteiger partial charge on any atom is 0.269 e. The molecular weight excluding hydrogens is 316 g/mol. The van der Waals surface area contributed by atoms with Gasteiger partial charge in [-0.3, -0.25) is 14.2 Å². The minimum atomic E-state index is -0.768. The highest BCUT2D eigenvalue weighted by Gasteiger charge is 2.22. The van der Waals surface area contributed by atoms with Gasteiger partial charge in [-0.25, -0.2) is 4.98 Å². The number of anilines is 1. The first kappa shape index (κ1) is 16.9. The fourth-order valence-electron chi connectivity index (χ4n) is 2.29. The molecule has 0 aliphatic heterocycles. The van der Waals surface area contributed by atoms with Crippen molar-refractivity contribution in [1.82, 2.24) is 9.55 Å². The van der Waals surface area contributed by atoms with E-state index in [0.717, 1.165) is 0 Å². The van der Waals surface area contributed by atoms with Crippen molar-refractivity contribution in [2.24, 2.45) is 0 Å². The molecule has 0 bridgehead atoms. The number of thiazole rings is 1. The third-order valence-electron chi connectivity index (χ3n) is 3.36. The number of nitrogens with one attached hydrogen (secondary N) is 1. The average molecular weight is 332 g/mol. The van der Waals surface area contributed by atoms with Gasteiger partial charge >= 0.3 is 0 Å². The molecule has 23 heavy (non-hydrogen) atoms. The van der Waals surface area contributed by atoms with Crippen LogP contribution in [0.1, 0.15) is 29.8 Å². The van der Waals surface area contributed by atoms with Gasteiger partial charge in [-0.15, -0.1) is 11.3 Å². The summed E-state index contributed by atoms with van der Waals surface area (Å²) in [6.45, 7) is 3.49. The molecule has 0 saturated carbocycles. The molecule has 1 N–H and O–H groups in total. The van der Waals surface area contributed by atoms with Gasteiger partial charge in [0.05, 0.1) is 6.61 Å². The summed E-state index contributed by atoms with van der Waals surface area (Å²) in [5.74, 6) is -0.367. The van der Waals surface area contributed by atoms with Gasteiger partial charge in [0.1, 0.15) is 17.7 Å². The fourth-order valence-corrected chi connectivity index (χ4v) is 2.83. The summed E-state index contributed by atoms with van der Waals surface area (Å²) in [4.78, 5) is 28.9. The number of hydrogen-bond donors (Lipinski definition) is 1. The van der Waals surface area contributed by atoms with Crippen molar-refractivity contribution < 1.29 is 9.53 Å². The minimum Gasteiger partial charge on any atom is -0.380 e. The molecule has 2 heterocycles. The third kappa shape index (κ3) is 3.47. The van der Waals surface area contributed by atoms with Crippen LogP contribution in [0, 0.1) is 18.3 Å². The van der Waals surface area contributed by atoms with Crippen molar-refractivity contribution in [3.8, 4) is 6.07 Å². The number of pyridine rings is 1. The lowest BCUT2D eigenvalue weighted by Gasteiger charge is -2.18. The molecule has 2 aromatic rings. The molecule has 1 atom stereocenters. The molecule has 0 aromatic carbocycles. The number of aromatic nitrogens is 2. The number of aryl methyl sites for hydroxylation is 1. The first-order valence-corrected chi connectivity index (χ1v) is 7.72. The predicted molar refractivity (Wildman–Crippen MR) is 86.3 cm³/mol. The second-order valence-corrected chi connectivity index (χ2v) is 5.80. The molecule has 0 saturated heterocycles. The van der Waals surface area contributed by atoms with Gasteiger partial charge in [-0.05, 0) is 19.9 Å². The molecule has 2 rings (SSSR count). The van der Waals surface area contributed by atoms with E-state index < -0.39 is 11.6 Å². The summed E-state index contributed by atoms with van der Waals surface area (Å²) in [6, 6.07) is 2.82. The average Bonchev–Trinajstić information content (AvgIpc) is 3.00. The molecule has 0 unspecified atom stereocenters. The van der Waals surface area contributed by atoms with Crippen LogP contribution in [0.25, 0.3) is 0 Å². The number of amides is 1. The molecule has 7 nitrogen and oxygen atoms in total. The Morgan fingerprint density at radius 1 is 1.61 bits per heavy atom. The van der Waals surface area contributed by atoms with E-state index >= 15 is 0 Å². The molecule has 2 aromatic heterocycles. The van der Waals surface area contributed by atoms with Crippen molar-refractivity contribution in [1.29, 1.82) is 5.26 Å². The van der Waals surface area contributed by atoms with Crippen LogP contribution in [0.3, 0.4) is 0 Å². The number of carbonyl (C=O) groups excluding carboxylic acids is 1. The largest absolute Gasteiger partial charge is 0.380 e. The zero-order valence-electron chi connectivity index (χ0n) is 13.0. The maximum absolute atomic E-state index is 12.6. The van der Waals surface area contributed by atoms with Crippen molar-refractivity contribution in [3.05, 3.63) is 44.8 Å². The van der Waals surface area contributed by atoms with Crippen LogP contribution < -0.4 is 10.9 Å². The van der Waals surface area contributed by atoms with Gasteiger partial charge in [0, 0.05) is 29.9 Å². The van der Waals surface area contributed by atoms with Crippen LogP contribution in [0.4, 0.5) is 5.13 Å². The first-order valence-electron chi connectivity index (χ1n) is 6.84. The number of carbonyl (C=O) groups is 1. The smallest absolute Gasteiger partial charge is 0.269 e. The number of hydrogen-bond acceptors (Lipinski definition) is 6. The Morgan fingerprint density at radius 2 is 2.35 bits per heavy atom. The Balaban J connectivity index is 2.40. The summed E-state index contributed by atoms with van der Waals surface area (Å²) in [7, 11) is 1.49. The van der Waals surface area contributed by atoms with Gasteiger partial charge < -0.3 is 10.1 Å². The Hall–Kier alpha value is -2.50. The number of nitriles is 1. The highest BCUT2D eigenvalue weighted by molar-refractivity contribution is 7.13. The van der Waals surface area contributed by atoms with Gasteiger partial charge in [-0.2, -0.15) is 5.26 Å². The molecular formula is C15H16N4O3S. The molecule has 120 valence electrons. The number of nitrogens with zero attached hydrogens (tertiary/aromatic N) is 3. The topological polar surface area (TPSA) is 97.0 Å². The van der Waals surface area contributed by atoms with Crippen LogP contribution in [0.15, 0.2) is 22.4 Å². The van der Waals surface area contributed by atoms with Crippen LogP contribution in [0.2, 0.25) is 0 Å². The van der Waals surface area contributed by atoms with Crippen LogP contribution in [-0.4, -0.2) is 22.6 Å². The molecule has 8 heteroatoms. The standard InChI is InChI=1S/C15H16N4O3S/c1-9-6-11(8-22-3)12(7-16)14(21)19(9)10(2)13(20)18-15-17-4-5-23-15/h4-6,10H,8H2,1-3H3,(H,17,18,20)/t10-/m0/s1. The summed E-state index contributed by atoms with van der Waals surface area (Å²) in [5.41, 5.74) is 0.594. The zero-order valence-corrected chi connectivity index (χ0v) is 13.8. The lowest BCUT2D eigenvalue weighted by molar-refractivity contribution is -0.118. The number of rotatable bonds is 5. The maximum atomic E-state index is 12.6. The normalized spacial score (nSPS) is 11.7. The summed E-state index contributed by atoms with van der Waals surface area (Å²) in [5, 5.41) is 14.1. The fraction of sp³-hybridized carbons (Fsp3) is 0.333. The highest BCUT2D eigenvalue weighted by atomic mass is 32.1. The lowest BCUT2D eigenvalue weighted by Crippen LogP contribution is -2.35. The van der Waals surface area contributed by atoms with E-state index in [9.17, 15) is 14.9 Å². The second kappa shape index (κ2) is 7.17. The van der Waals surface area contributed by atoms with E-state index in [1.807, 2.05) is 6.07 Å². The molecule has 0 radical (unpaired) electrons. The molecule has 0 aliphatic carbocycles. The van der Waals surface area contributed by atoms with Gasteiger partial charge in [0.25, 0.3) is 5.56 Å². The zero-order chi connectivity index (χ0) is 17.0. The molecule has 0 spiro atoms. The number of methoxy groups -OCH3 is 1. The highest BCUT2D eigenvalue weighted by Crippen LogP contribution is 2.16. The Labute approximate surface area is 137 Å². The van der Waals surface area contributed by atoms with E-state index in [1.54, 1.807) is 31.5 Å². The molecule has 0 fully saturated rings. The van der Waals surface area contributed by atoms with Crippen LogP contribution in [-0.2, 0) is 16.1 Å². The van der Waals surface area contributed by atoms with E-state index in [2.05, 4.69) is 10.3 Å². The van der Waals surface area contributed by atoms with E-state index in [-0.39, 0.29) is 18.1 Å². The first-order chi connectivity index (χ1) is 11.0. The van der Waals surface area contributed by atoms with Crippen molar-refractivity contribution in [3.63, 3.8) is 0 Å². The third-order valence-corrected chi connectivity index (χ3v) is 4.05. The van der Waals surface area contributed by atoms with Crippen molar-refractivity contribution in [2.75, 3.05) is 12.4 Å². The van der Waals surface area contributed by atoms with Crippen molar-refractivity contribution >= 4 is 22.4 Å². The predicted octanol–water partition coefficient (Wildman–Crippen LogP) is 1.83. The quantitative estimate of drug-likeness (QED) is 0.901. The lowest BCUT2D eigenvalue weighted by atomic mass is 10.1. The molecule has 0 aliphatic rings. The molecule has 1 amide bonds. The minimum absolute atomic E-state index is 0.00801. The van der Waals surface area contributed by atoms with Crippen molar-refractivity contribution in [2.45, 2.75) is 26.5 Å². The Morgan fingerprint density at radius 3 is 2.91 bits per heavy atom. The SMILES string of the molecule is COCc1cc(C)n([C@@H](C)C(=O)Nc2nccs2)c(=O)c1C#N. The van der Waals surface area contributed by atoms with E-state index in [0.29, 0.717) is 16.4 Å². The van der Waals surface area contributed by atoms with E-state index in [1.165, 1.54) is 23.0 Å². The van der Waals surface area contributed by atoms with Crippen LogP contribution >= 0.6 is 11.3 Å². The Kier molecular flexibility index (Phi) is 5.26.